The first-order chi connectivity index (χ1) is 14.2. The number of anilines is 1. The Kier molecular flexibility index (Phi) is 5.94. The molecule has 11 heteroatoms. The third-order valence-corrected chi connectivity index (χ3v) is 5.61. The predicted molar refractivity (Wildman–Crippen MR) is 110 cm³/mol. The van der Waals surface area contributed by atoms with Gasteiger partial charge in [0.15, 0.2) is 5.69 Å². The molecule has 3 aromatic rings. The Labute approximate surface area is 172 Å². The summed E-state index contributed by atoms with van der Waals surface area (Å²) >= 11 is 0. The van der Waals surface area contributed by atoms with Crippen LogP contribution in [-0.2, 0) is 10.0 Å². The van der Waals surface area contributed by atoms with E-state index in [0.717, 1.165) is 0 Å². The van der Waals surface area contributed by atoms with Crippen LogP contribution in [0.5, 0.6) is 0 Å². The molecule has 0 saturated heterocycles. The van der Waals surface area contributed by atoms with Crippen molar-refractivity contribution in [1.29, 1.82) is 0 Å². The Morgan fingerprint density at radius 1 is 1.13 bits per heavy atom. The average molecular weight is 429 g/mol. The molecule has 0 bridgehead atoms. The zero-order chi connectivity index (χ0) is 21.9. The molecule has 0 saturated carbocycles. The average Bonchev–Trinajstić information content (AvgIpc) is 3.18. The van der Waals surface area contributed by atoms with Gasteiger partial charge in [0.25, 0.3) is 11.6 Å². The number of nitro groups is 1. The summed E-state index contributed by atoms with van der Waals surface area (Å²) in [4.78, 5) is 22.9. The maximum Gasteiger partial charge on any atom is 0.276 e. The van der Waals surface area contributed by atoms with E-state index < -0.39 is 20.9 Å². The van der Waals surface area contributed by atoms with Crippen molar-refractivity contribution in [3.8, 4) is 5.69 Å². The number of nitrogens with zero attached hydrogens (tertiary/aromatic N) is 3. The number of aromatic nitrogens is 2. The minimum Gasteiger partial charge on any atom is -0.321 e. The molecule has 2 aromatic carbocycles. The topological polar surface area (TPSA) is 136 Å². The first kappa shape index (κ1) is 21.1. The Hall–Kier alpha value is -3.57. The first-order valence-corrected chi connectivity index (χ1v) is 10.4. The monoisotopic (exact) mass is 429 g/mol. The minimum atomic E-state index is -3.62. The molecule has 0 fully saturated rings. The highest BCUT2D eigenvalue weighted by atomic mass is 32.2. The molecule has 30 heavy (non-hydrogen) atoms. The second-order valence-corrected chi connectivity index (χ2v) is 8.39. The second-order valence-electron chi connectivity index (χ2n) is 6.68. The molecule has 0 unspecified atom stereocenters. The number of carbonyl (C=O) groups is 1. The number of non-ortho nitro benzene ring substituents is 1. The number of nitrogens with one attached hydrogen (secondary N) is 2. The van der Waals surface area contributed by atoms with Crippen LogP contribution in [-0.4, -0.2) is 35.1 Å². The highest BCUT2D eigenvalue weighted by Gasteiger charge is 2.16. The molecule has 0 aliphatic carbocycles. The van der Waals surface area contributed by atoms with E-state index in [-0.39, 0.29) is 22.3 Å². The van der Waals surface area contributed by atoms with E-state index in [0.29, 0.717) is 11.4 Å². The van der Waals surface area contributed by atoms with Crippen LogP contribution in [0.1, 0.15) is 24.3 Å². The lowest BCUT2D eigenvalue weighted by Crippen LogP contribution is -2.30. The highest BCUT2D eigenvalue weighted by molar-refractivity contribution is 7.89. The summed E-state index contributed by atoms with van der Waals surface area (Å²) in [5.41, 5.74) is 0.847. The van der Waals surface area contributed by atoms with E-state index in [1.54, 1.807) is 19.9 Å². The van der Waals surface area contributed by atoms with Crippen molar-refractivity contribution in [2.45, 2.75) is 24.8 Å². The number of carbonyl (C=O) groups excluding carboxylic acids is 1. The van der Waals surface area contributed by atoms with Crippen molar-refractivity contribution in [1.82, 2.24) is 14.5 Å². The van der Waals surface area contributed by atoms with Crippen molar-refractivity contribution in [2.24, 2.45) is 0 Å². The Bertz CT molecular complexity index is 1190. The van der Waals surface area contributed by atoms with E-state index >= 15 is 0 Å². The molecule has 0 aliphatic heterocycles. The molecule has 1 amide bonds. The zero-order valence-corrected chi connectivity index (χ0v) is 17.0. The fourth-order valence-electron chi connectivity index (χ4n) is 2.63. The molecule has 0 radical (unpaired) electrons. The smallest absolute Gasteiger partial charge is 0.276 e. The van der Waals surface area contributed by atoms with Crippen molar-refractivity contribution in [3.63, 3.8) is 0 Å². The maximum atomic E-state index is 12.4. The Balaban J connectivity index is 1.73. The second kappa shape index (κ2) is 8.43. The van der Waals surface area contributed by atoms with Gasteiger partial charge in [-0.2, -0.15) is 5.10 Å². The van der Waals surface area contributed by atoms with E-state index in [1.165, 1.54) is 59.4 Å². The Morgan fingerprint density at radius 3 is 2.47 bits per heavy atom. The molecule has 156 valence electrons. The molecular weight excluding hydrogens is 410 g/mol. The predicted octanol–water partition coefficient (Wildman–Crippen LogP) is 2.72. The molecule has 10 nitrogen and oxygen atoms in total. The summed E-state index contributed by atoms with van der Waals surface area (Å²) in [7, 11) is -3.62. The van der Waals surface area contributed by atoms with Gasteiger partial charge < -0.3 is 5.32 Å². The van der Waals surface area contributed by atoms with Crippen LogP contribution in [0.2, 0.25) is 0 Å². The van der Waals surface area contributed by atoms with Crippen LogP contribution in [0.3, 0.4) is 0 Å². The summed E-state index contributed by atoms with van der Waals surface area (Å²) < 4.78 is 28.1. The summed E-state index contributed by atoms with van der Waals surface area (Å²) in [6, 6.07) is 12.8. The van der Waals surface area contributed by atoms with Gasteiger partial charge >= 0.3 is 0 Å². The van der Waals surface area contributed by atoms with Crippen LogP contribution in [0.25, 0.3) is 5.69 Å². The van der Waals surface area contributed by atoms with E-state index in [4.69, 9.17) is 0 Å². The van der Waals surface area contributed by atoms with Crippen molar-refractivity contribution in [2.75, 3.05) is 5.32 Å². The van der Waals surface area contributed by atoms with Gasteiger partial charge in [0.05, 0.1) is 15.5 Å². The highest BCUT2D eigenvalue weighted by Crippen LogP contribution is 2.18. The number of benzene rings is 2. The lowest BCUT2D eigenvalue weighted by molar-refractivity contribution is -0.384. The summed E-state index contributed by atoms with van der Waals surface area (Å²) in [6.45, 7) is 3.44. The van der Waals surface area contributed by atoms with Gasteiger partial charge in [0.1, 0.15) is 0 Å². The van der Waals surface area contributed by atoms with Crippen LogP contribution < -0.4 is 10.0 Å². The van der Waals surface area contributed by atoms with Crippen molar-refractivity contribution >= 4 is 27.3 Å². The molecule has 0 spiro atoms. The van der Waals surface area contributed by atoms with Gasteiger partial charge in [0.2, 0.25) is 10.0 Å². The van der Waals surface area contributed by atoms with Gasteiger partial charge in [-0.1, -0.05) is 6.07 Å². The van der Waals surface area contributed by atoms with Crippen molar-refractivity contribution in [3.05, 3.63) is 76.6 Å². The Morgan fingerprint density at radius 2 is 1.83 bits per heavy atom. The van der Waals surface area contributed by atoms with Gasteiger partial charge in [-0.3, -0.25) is 14.9 Å². The summed E-state index contributed by atoms with van der Waals surface area (Å²) in [5.74, 6) is -0.505. The van der Waals surface area contributed by atoms with Gasteiger partial charge in [-0.25, -0.2) is 17.8 Å². The fraction of sp³-hybridized carbons (Fsp3) is 0.158. The zero-order valence-electron chi connectivity index (χ0n) is 16.1. The minimum absolute atomic E-state index is 0.0870. The number of sulfonamides is 1. The number of nitro benzene ring substituents is 1. The molecular formula is C19H19N5O5S. The maximum absolute atomic E-state index is 12.4. The molecule has 2 N–H and O–H groups in total. The third-order valence-electron chi connectivity index (χ3n) is 3.94. The molecule has 3 rings (SSSR count). The van der Waals surface area contributed by atoms with E-state index in [9.17, 15) is 23.3 Å². The van der Waals surface area contributed by atoms with Crippen LogP contribution in [0, 0.1) is 10.1 Å². The van der Waals surface area contributed by atoms with Gasteiger partial charge in [-0.15, -0.1) is 0 Å². The lowest BCUT2D eigenvalue weighted by Gasteiger charge is -2.10. The van der Waals surface area contributed by atoms with Gasteiger partial charge in [-0.05, 0) is 50.2 Å². The normalized spacial score (nSPS) is 11.4. The van der Waals surface area contributed by atoms with Crippen molar-refractivity contribution < 1.29 is 18.1 Å². The van der Waals surface area contributed by atoms with E-state index in [2.05, 4.69) is 15.1 Å². The SMILES string of the molecule is CC(C)NS(=O)(=O)c1ccc(NC(=O)c2ccn(-c3cccc([N+](=O)[O-])c3)n2)cc1. The fourth-order valence-corrected chi connectivity index (χ4v) is 3.88. The molecule has 1 heterocycles. The van der Waals surface area contributed by atoms with E-state index in [1.807, 2.05) is 0 Å². The molecule has 0 aliphatic rings. The first-order valence-electron chi connectivity index (χ1n) is 8.90. The standard InChI is InChI=1S/C19H19N5O5S/c1-13(2)22-30(28,29)17-8-6-14(7-9-17)20-19(25)18-10-11-23(21-18)15-4-3-5-16(12-15)24(26)27/h3-13,22H,1-2H3,(H,20,25). The largest absolute Gasteiger partial charge is 0.321 e. The van der Waals surface area contributed by atoms with Gasteiger partial charge in [0, 0.05) is 30.1 Å². The summed E-state index contributed by atoms with van der Waals surface area (Å²) in [5, 5.41) is 17.7. The van der Waals surface area contributed by atoms with Crippen LogP contribution in [0.15, 0.2) is 65.7 Å². The number of amides is 1. The number of rotatable bonds is 7. The number of hydrogen-bond donors (Lipinski definition) is 2. The molecule has 0 atom stereocenters. The number of hydrogen-bond acceptors (Lipinski definition) is 6. The summed E-state index contributed by atoms with van der Waals surface area (Å²) in [6.07, 6.45) is 1.52. The lowest BCUT2D eigenvalue weighted by atomic mass is 10.3. The van der Waals surface area contributed by atoms with Crippen LogP contribution in [0.4, 0.5) is 11.4 Å². The third kappa shape index (κ3) is 4.88. The molecule has 1 aromatic heterocycles. The quantitative estimate of drug-likeness (QED) is 0.438. The van der Waals surface area contributed by atoms with Crippen LogP contribution >= 0.6 is 0 Å².